The smallest absolute Gasteiger partial charge is 0.298 e. The second kappa shape index (κ2) is 4.92. The van der Waals surface area contributed by atoms with E-state index in [-0.39, 0.29) is 12.1 Å². The predicted octanol–water partition coefficient (Wildman–Crippen LogP) is 3.46. The van der Waals surface area contributed by atoms with E-state index in [0.717, 1.165) is 0 Å². The summed E-state index contributed by atoms with van der Waals surface area (Å²) in [6.45, 7) is 0. The molecule has 1 rings (SSSR count). The number of hydrogen-bond acceptors (Lipinski definition) is 3. The molecular formula is C9H3ClF6O3S. The van der Waals surface area contributed by atoms with Crippen LogP contribution in [-0.4, -0.2) is 14.7 Å². The molecule has 0 fully saturated rings. The van der Waals surface area contributed by atoms with Crippen molar-refractivity contribution in [3.8, 4) is 0 Å². The lowest BCUT2D eigenvalue weighted by Crippen LogP contribution is -2.16. The van der Waals surface area contributed by atoms with Crippen molar-refractivity contribution in [2.24, 2.45) is 0 Å². The van der Waals surface area contributed by atoms with E-state index >= 15 is 0 Å². The van der Waals surface area contributed by atoms with E-state index in [1.165, 1.54) is 0 Å². The van der Waals surface area contributed by atoms with Gasteiger partial charge in [0.15, 0.2) is 6.29 Å². The number of halogens is 7. The highest BCUT2D eigenvalue weighted by Gasteiger charge is 2.41. The van der Waals surface area contributed by atoms with Crippen LogP contribution in [0.1, 0.15) is 21.5 Å². The van der Waals surface area contributed by atoms with Crippen LogP contribution in [0, 0.1) is 0 Å². The first-order chi connectivity index (χ1) is 8.78. The molecule has 0 amide bonds. The van der Waals surface area contributed by atoms with Gasteiger partial charge in [0, 0.05) is 16.2 Å². The fourth-order valence-corrected chi connectivity index (χ4v) is 2.42. The quantitative estimate of drug-likeness (QED) is 0.470. The summed E-state index contributed by atoms with van der Waals surface area (Å²) in [5.41, 5.74) is -5.38. The first kappa shape index (κ1) is 16.8. The van der Waals surface area contributed by atoms with Gasteiger partial charge in [-0.15, -0.1) is 0 Å². The molecule has 0 unspecified atom stereocenters. The third-order valence-corrected chi connectivity index (χ3v) is 3.52. The van der Waals surface area contributed by atoms with Gasteiger partial charge in [-0.25, -0.2) is 8.42 Å². The van der Waals surface area contributed by atoms with Gasteiger partial charge in [0.25, 0.3) is 9.05 Å². The van der Waals surface area contributed by atoms with Crippen molar-refractivity contribution in [3.63, 3.8) is 0 Å². The number of benzene rings is 1. The molecule has 112 valence electrons. The van der Waals surface area contributed by atoms with Gasteiger partial charge < -0.3 is 0 Å². The molecule has 0 spiro atoms. The number of alkyl halides is 6. The third-order valence-electron chi connectivity index (χ3n) is 2.16. The Labute approximate surface area is 112 Å². The van der Waals surface area contributed by atoms with Crippen LogP contribution in [0.4, 0.5) is 26.3 Å². The molecule has 0 radical (unpaired) electrons. The van der Waals surface area contributed by atoms with Crippen LogP contribution >= 0.6 is 10.7 Å². The Morgan fingerprint density at radius 2 is 1.50 bits per heavy atom. The largest absolute Gasteiger partial charge is 0.417 e. The van der Waals surface area contributed by atoms with Crippen LogP contribution in [0.15, 0.2) is 17.0 Å². The average Bonchev–Trinajstić information content (AvgIpc) is 2.23. The summed E-state index contributed by atoms with van der Waals surface area (Å²) in [7, 11) is -0.205. The Bertz CT molecular complexity index is 647. The molecule has 11 heteroatoms. The molecule has 0 saturated carbocycles. The number of carbonyl (C=O) groups is 1. The molecule has 0 bridgehead atoms. The lowest BCUT2D eigenvalue weighted by Gasteiger charge is -2.15. The van der Waals surface area contributed by atoms with Gasteiger partial charge in [0.05, 0.1) is 16.0 Å². The molecule has 0 atom stereocenters. The van der Waals surface area contributed by atoms with Crippen molar-refractivity contribution in [1.82, 2.24) is 0 Å². The first-order valence-electron chi connectivity index (χ1n) is 4.50. The fraction of sp³-hybridized carbons (Fsp3) is 0.222. The lowest BCUT2D eigenvalue weighted by atomic mass is 10.0. The van der Waals surface area contributed by atoms with Crippen LogP contribution in [0.5, 0.6) is 0 Å². The van der Waals surface area contributed by atoms with Gasteiger partial charge in [0.2, 0.25) is 0 Å². The predicted molar refractivity (Wildman–Crippen MR) is 54.9 cm³/mol. The van der Waals surface area contributed by atoms with Crippen molar-refractivity contribution in [2.75, 3.05) is 0 Å². The molecule has 0 aliphatic heterocycles. The van der Waals surface area contributed by atoms with Gasteiger partial charge in [-0.3, -0.25) is 4.79 Å². The fourth-order valence-electron chi connectivity index (χ4n) is 1.35. The second-order valence-corrected chi connectivity index (χ2v) is 6.02. The topological polar surface area (TPSA) is 51.2 Å². The molecule has 0 aromatic heterocycles. The normalized spacial score (nSPS) is 13.3. The van der Waals surface area contributed by atoms with E-state index in [4.69, 9.17) is 10.7 Å². The SMILES string of the molecule is O=Cc1c(C(F)(F)F)cc(C(F)(F)F)cc1S(=O)(=O)Cl. The van der Waals surface area contributed by atoms with Crippen LogP contribution < -0.4 is 0 Å². The maximum atomic E-state index is 12.6. The standard InChI is InChI=1S/C9H3ClF6O3S/c10-20(18,19)7-2-4(8(11,12)13)1-6(5(7)3-17)9(14,15)16/h1-3H. The highest BCUT2D eigenvalue weighted by Crippen LogP contribution is 2.40. The Kier molecular flexibility index (Phi) is 4.12. The molecule has 0 saturated heterocycles. The van der Waals surface area contributed by atoms with Gasteiger partial charge in [0.1, 0.15) is 0 Å². The van der Waals surface area contributed by atoms with Crippen LogP contribution in [0.2, 0.25) is 0 Å². The molecule has 0 aliphatic rings. The summed E-state index contributed by atoms with van der Waals surface area (Å²) in [5.74, 6) is 0. The molecular weight excluding hydrogens is 338 g/mol. The molecule has 1 aromatic carbocycles. The molecule has 20 heavy (non-hydrogen) atoms. The third kappa shape index (κ3) is 3.42. The Morgan fingerprint density at radius 1 is 1.00 bits per heavy atom. The average molecular weight is 341 g/mol. The van der Waals surface area contributed by atoms with Gasteiger partial charge in [-0.2, -0.15) is 26.3 Å². The van der Waals surface area contributed by atoms with Crippen molar-refractivity contribution in [3.05, 3.63) is 28.8 Å². The summed E-state index contributed by atoms with van der Waals surface area (Å²) in [6, 6.07) is -0.476. The Morgan fingerprint density at radius 3 is 1.80 bits per heavy atom. The van der Waals surface area contributed by atoms with Crippen LogP contribution in [0.3, 0.4) is 0 Å². The van der Waals surface area contributed by atoms with E-state index in [2.05, 4.69) is 0 Å². The lowest BCUT2D eigenvalue weighted by molar-refractivity contribution is -0.143. The molecule has 0 heterocycles. The van der Waals surface area contributed by atoms with Crippen LogP contribution in [0.25, 0.3) is 0 Å². The van der Waals surface area contributed by atoms with E-state index < -0.39 is 49.3 Å². The number of rotatable bonds is 2. The molecule has 3 nitrogen and oxygen atoms in total. The number of aldehydes is 1. The van der Waals surface area contributed by atoms with Crippen molar-refractivity contribution < 1.29 is 39.6 Å². The minimum atomic E-state index is -5.35. The molecule has 0 N–H and O–H groups in total. The maximum Gasteiger partial charge on any atom is 0.417 e. The molecule has 1 aromatic rings. The van der Waals surface area contributed by atoms with Crippen molar-refractivity contribution >= 4 is 26.0 Å². The van der Waals surface area contributed by atoms with E-state index in [1.54, 1.807) is 0 Å². The van der Waals surface area contributed by atoms with Gasteiger partial charge in [-0.05, 0) is 12.1 Å². The number of hydrogen-bond donors (Lipinski definition) is 0. The number of carbonyl (C=O) groups excluding carboxylic acids is 1. The maximum absolute atomic E-state index is 12.6. The van der Waals surface area contributed by atoms with Crippen molar-refractivity contribution in [2.45, 2.75) is 17.2 Å². The summed E-state index contributed by atoms with van der Waals surface area (Å²) >= 11 is 0. The first-order valence-corrected chi connectivity index (χ1v) is 6.81. The second-order valence-electron chi connectivity index (χ2n) is 3.49. The Hall–Kier alpha value is -1.29. The Balaban J connectivity index is 3.90. The van der Waals surface area contributed by atoms with E-state index in [9.17, 15) is 39.6 Å². The van der Waals surface area contributed by atoms with E-state index in [1.807, 2.05) is 0 Å². The highest BCUT2D eigenvalue weighted by molar-refractivity contribution is 8.13. The van der Waals surface area contributed by atoms with Crippen molar-refractivity contribution in [1.29, 1.82) is 0 Å². The minimum absolute atomic E-state index is 0.124. The zero-order valence-corrected chi connectivity index (χ0v) is 10.6. The van der Waals surface area contributed by atoms with E-state index in [0.29, 0.717) is 0 Å². The highest BCUT2D eigenvalue weighted by atomic mass is 35.7. The summed E-state index contributed by atoms with van der Waals surface area (Å²) < 4.78 is 97.3. The minimum Gasteiger partial charge on any atom is -0.298 e. The summed E-state index contributed by atoms with van der Waals surface area (Å²) in [5, 5.41) is 0. The summed E-state index contributed by atoms with van der Waals surface area (Å²) in [6.07, 6.45) is -11.1. The van der Waals surface area contributed by atoms with Gasteiger partial charge in [-0.1, -0.05) is 0 Å². The zero-order chi connectivity index (χ0) is 15.9. The van der Waals surface area contributed by atoms with Crippen LogP contribution in [-0.2, 0) is 21.4 Å². The monoisotopic (exact) mass is 340 g/mol. The molecule has 0 aliphatic carbocycles. The summed E-state index contributed by atoms with van der Waals surface area (Å²) in [4.78, 5) is 9.05. The zero-order valence-electron chi connectivity index (χ0n) is 9.01. The van der Waals surface area contributed by atoms with Gasteiger partial charge >= 0.3 is 12.4 Å².